The van der Waals surface area contributed by atoms with Gasteiger partial charge in [0.2, 0.25) is 0 Å². The van der Waals surface area contributed by atoms with Crippen molar-refractivity contribution in [1.29, 1.82) is 0 Å². The summed E-state index contributed by atoms with van der Waals surface area (Å²) in [6, 6.07) is 6.74. The summed E-state index contributed by atoms with van der Waals surface area (Å²) in [5.74, 6) is -0.601. The van der Waals surface area contributed by atoms with E-state index in [0.29, 0.717) is 11.1 Å². The van der Waals surface area contributed by atoms with E-state index in [-0.39, 0.29) is 21.7 Å². The van der Waals surface area contributed by atoms with Gasteiger partial charge in [-0.1, -0.05) is 37.8 Å². The Labute approximate surface area is 98.2 Å². The highest BCUT2D eigenvalue weighted by Crippen LogP contribution is 2.15. The SMILES string of the molecule is C1CCC1.O=C1NC(=O)c2ccccc21.P. The van der Waals surface area contributed by atoms with Crippen LogP contribution in [0.5, 0.6) is 0 Å². The smallest absolute Gasteiger partial charge is 0.258 e. The van der Waals surface area contributed by atoms with Gasteiger partial charge in [-0.15, -0.1) is 0 Å². The fourth-order valence-electron chi connectivity index (χ4n) is 1.37. The van der Waals surface area contributed by atoms with E-state index in [4.69, 9.17) is 0 Å². The number of imide groups is 1. The molecule has 4 heteroatoms. The number of amides is 2. The van der Waals surface area contributed by atoms with Crippen molar-refractivity contribution in [3.05, 3.63) is 35.4 Å². The summed E-state index contributed by atoms with van der Waals surface area (Å²) in [5, 5.41) is 2.20. The van der Waals surface area contributed by atoms with Crippen molar-refractivity contribution in [2.45, 2.75) is 25.7 Å². The van der Waals surface area contributed by atoms with Gasteiger partial charge in [0.15, 0.2) is 0 Å². The van der Waals surface area contributed by atoms with Crippen molar-refractivity contribution in [3.8, 4) is 0 Å². The molecule has 3 rings (SSSR count). The predicted octanol–water partition coefficient (Wildman–Crippen LogP) is 2.19. The third kappa shape index (κ3) is 2.67. The highest BCUT2D eigenvalue weighted by molar-refractivity contribution is 6.92. The molecule has 86 valence electrons. The molecule has 0 bridgehead atoms. The summed E-state index contributed by atoms with van der Waals surface area (Å²) in [6.07, 6.45) is 6.00. The zero-order valence-corrected chi connectivity index (χ0v) is 10.6. The number of carbonyl (C=O) groups excluding carboxylic acids is 2. The number of benzene rings is 1. The minimum atomic E-state index is -0.300. The van der Waals surface area contributed by atoms with Crippen molar-refractivity contribution in [2.24, 2.45) is 0 Å². The van der Waals surface area contributed by atoms with Crippen LogP contribution in [0.1, 0.15) is 46.4 Å². The third-order valence-electron chi connectivity index (χ3n) is 2.64. The van der Waals surface area contributed by atoms with Crippen LogP contribution in [-0.4, -0.2) is 11.8 Å². The van der Waals surface area contributed by atoms with E-state index in [9.17, 15) is 9.59 Å². The second kappa shape index (κ2) is 5.76. The summed E-state index contributed by atoms with van der Waals surface area (Å²) < 4.78 is 0. The van der Waals surface area contributed by atoms with Gasteiger partial charge in [0.05, 0.1) is 11.1 Å². The van der Waals surface area contributed by atoms with Crippen molar-refractivity contribution in [3.63, 3.8) is 0 Å². The van der Waals surface area contributed by atoms with Crippen LogP contribution in [0.25, 0.3) is 0 Å². The van der Waals surface area contributed by atoms with Crippen LogP contribution in [0.2, 0.25) is 0 Å². The molecule has 2 aliphatic rings. The van der Waals surface area contributed by atoms with Crippen molar-refractivity contribution < 1.29 is 9.59 Å². The third-order valence-corrected chi connectivity index (χ3v) is 2.64. The molecule has 1 fully saturated rings. The zero-order chi connectivity index (χ0) is 10.7. The molecule has 0 saturated heterocycles. The number of hydrogen-bond donors (Lipinski definition) is 1. The molecule has 1 aliphatic carbocycles. The van der Waals surface area contributed by atoms with Crippen LogP contribution < -0.4 is 5.32 Å². The number of rotatable bonds is 0. The summed E-state index contributed by atoms with van der Waals surface area (Å²) in [4.78, 5) is 21.9. The van der Waals surface area contributed by atoms with E-state index in [0.717, 1.165) is 0 Å². The van der Waals surface area contributed by atoms with Gasteiger partial charge in [-0.25, -0.2) is 0 Å². The lowest BCUT2D eigenvalue weighted by Crippen LogP contribution is -2.19. The van der Waals surface area contributed by atoms with Gasteiger partial charge in [-0.3, -0.25) is 14.9 Å². The standard InChI is InChI=1S/C8H5NO2.C4H8.H3P/c10-7-5-3-1-2-4-6(5)8(11)9-7;1-2-4-3-1;/h1-4H,(H,9,10,11);1-4H2;1H3. The maximum Gasteiger partial charge on any atom is 0.258 e. The molecule has 2 amide bonds. The van der Waals surface area contributed by atoms with Crippen LogP contribution in [0.3, 0.4) is 0 Å². The fraction of sp³-hybridized carbons (Fsp3) is 0.333. The van der Waals surface area contributed by atoms with Crippen molar-refractivity contribution in [2.75, 3.05) is 0 Å². The number of hydrogen-bond acceptors (Lipinski definition) is 2. The molecular formula is C12H16NO2P. The molecule has 16 heavy (non-hydrogen) atoms. The maximum absolute atomic E-state index is 10.9. The first-order valence-corrected chi connectivity index (χ1v) is 5.24. The quantitative estimate of drug-likeness (QED) is 0.555. The molecule has 3 nitrogen and oxygen atoms in total. The number of nitrogens with one attached hydrogen (secondary N) is 1. The largest absolute Gasteiger partial charge is 0.288 e. The normalized spacial score (nSPS) is 16.0. The molecule has 1 unspecified atom stereocenters. The first-order valence-electron chi connectivity index (χ1n) is 5.24. The monoisotopic (exact) mass is 237 g/mol. The van der Waals surface area contributed by atoms with Crippen molar-refractivity contribution in [1.82, 2.24) is 5.32 Å². The summed E-state index contributed by atoms with van der Waals surface area (Å²) in [5.41, 5.74) is 0.940. The maximum atomic E-state index is 10.9. The van der Waals surface area contributed by atoms with Gasteiger partial charge < -0.3 is 0 Å². The van der Waals surface area contributed by atoms with Crippen molar-refractivity contribution >= 4 is 21.7 Å². The van der Waals surface area contributed by atoms with Crippen LogP contribution in [-0.2, 0) is 0 Å². The lowest BCUT2D eigenvalue weighted by molar-refractivity contribution is 0.0879. The molecule has 0 radical (unpaired) electrons. The van der Waals surface area contributed by atoms with Gasteiger partial charge in [-0.05, 0) is 12.1 Å². The molecule has 1 atom stereocenters. The number of fused-ring (bicyclic) bond motifs is 1. The molecule has 1 aromatic rings. The second-order valence-electron chi connectivity index (χ2n) is 3.74. The Morgan fingerprint density at radius 1 is 0.812 bits per heavy atom. The van der Waals surface area contributed by atoms with Gasteiger partial charge in [-0.2, -0.15) is 9.90 Å². The molecule has 1 aromatic carbocycles. The molecule has 0 aromatic heterocycles. The molecule has 1 saturated carbocycles. The molecular weight excluding hydrogens is 221 g/mol. The Balaban J connectivity index is 0.000000219. The Hall–Kier alpha value is -1.21. The average Bonchev–Trinajstić information content (AvgIpc) is 2.41. The minimum absolute atomic E-state index is 0. The van der Waals surface area contributed by atoms with E-state index in [1.165, 1.54) is 25.7 Å². The van der Waals surface area contributed by atoms with Crippen LogP contribution in [0.4, 0.5) is 0 Å². The molecule has 0 spiro atoms. The highest BCUT2D eigenvalue weighted by atomic mass is 31.0. The Morgan fingerprint density at radius 2 is 1.19 bits per heavy atom. The lowest BCUT2D eigenvalue weighted by atomic mass is 10.0. The van der Waals surface area contributed by atoms with Crippen LogP contribution in [0.15, 0.2) is 24.3 Å². The average molecular weight is 237 g/mol. The zero-order valence-electron chi connectivity index (χ0n) is 9.16. The molecule has 1 heterocycles. The van der Waals surface area contributed by atoms with E-state index < -0.39 is 0 Å². The Kier molecular flexibility index (Phi) is 4.63. The van der Waals surface area contributed by atoms with Crippen LogP contribution >= 0.6 is 9.90 Å². The first-order chi connectivity index (χ1) is 7.29. The van der Waals surface area contributed by atoms with Gasteiger partial charge in [0.1, 0.15) is 0 Å². The van der Waals surface area contributed by atoms with Crippen LogP contribution in [0, 0.1) is 0 Å². The lowest BCUT2D eigenvalue weighted by Gasteiger charge is -2.05. The summed E-state index contributed by atoms with van der Waals surface area (Å²) in [6.45, 7) is 0. The molecule has 1 N–H and O–H groups in total. The van der Waals surface area contributed by atoms with E-state index in [1.807, 2.05) is 0 Å². The van der Waals surface area contributed by atoms with E-state index in [1.54, 1.807) is 24.3 Å². The van der Waals surface area contributed by atoms with E-state index >= 15 is 0 Å². The summed E-state index contributed by atoms with van der Waals surface area (Å²) in [7, 11) is 0. The fourth-order valence-corrected chi connectivity index (χ4v) is 1.37. The number of carbonyl (C=O) groups is 2. The van der Waals surface area contributed by atoms with Gasteiger partial charge in [0, 0.05) is 0 Å². The Bertz CT molecular complexity index is 363. The highest BCUT2D eigenvalue weighted by Gasteiger charge is 2.25. The first kappa shape index (κ1) is 12.9. The molecule has 1 aliphatic heterocycles. The predicted molar refractivity (Wildman–Crippen MR) is 67.8 cm³/mol. The minimum Gasteiger partial charge on any atom is -0.288 e. The second-order valence-corrected chi connectivity index (χ2v) is 3.74. The van der Waals surface area contributed by atoms with E-state index in [2.05, 4.69) is 5.32 Å². The van der Waals surface area contributed by atoms with Gasteiger partial charge in [0.25, 0.3) is 11.8 Å². The summed E-state index contributed by atoms with van der Waals surface area (Å²) >= 11 is 0. The van der Waals surface area contributed by atoms with Gasteiger partial charge >= 0.3 is 0 Å². The Morgan fingerprint density at radius 3 is 1.50 bits per heavy atom. The topological polar surface area (TPSA) is 46.2 Å².